The number of rotatable bonds is 3. The maximum absolute atomic E-state index is 6.08. The molecule has 0 saturated carbocycles. The van der Waals surface area contributed by atoms with Crippen LogP contribution in [0.25, 0.3) is 0 Å². The number of hydrogen-bond donors (Lipinski definition) is 1. The van der Waals surface area contributed by atoms with Crippen LogP contribution in [0.15, 0.2) is 24.3 Å². The Morgan fingerprint density at radius 1 is 1.21 bits per heavy atom. The lowest BCUT2D eigenvalue weighted by Crippen LogP contribution is -2.45. The maximum Gasteiger partial charge on any atom is 0.0775 e. The summed E-state index contributed by atoms with van der Waals surface area (Å²) in [6.07, 6.45) is 1.13. The lowest BCUT2D eigenvalue weighted by Gasteiger charge is -2.35. The molecule has 1 aromatic carbocycles. The van der Waals surface area contributed by atoms with Gasteiger partial charge in [0.15, 0.2) is 0 Å². The molecule has 0 radical (unpaired) electrons. The van der Waals surface area contributed by atoms with Gasteiger partial charge in [-0.25, -0.2) is 0 Å². The molecule has 0 spiro atoms. The summed E-state index contributed by atoms with van der Waals surface area (Å²) in [4.78, 5) is 2.54. The number of nitrogens with zero attached hydrogens (tertiary/aromatic N) is 1. The standard InChI is InChI=1S/C16H28N2Si/c1-13-11-18(10-9-16(13)17)12-14-5-7-15(8-6-14)19(2,3)4/h5-8,13,16H,9-12,17H2,1-4H3. The highest BCUT2D eigenvalue weighted by Gasteiger charge is 2.23. The summed E-state index contributed by atoms with van der Waals surface area (Å²) in [5.41, 5.74) is 7.51. The molecule has 2 nitrogen and oxygen atoms in total. The first kappa shape index (κ1) is 14.8. The molecule has 0 amide bonds. The van der Waals surface area contributed by atoms with Crippen LogP contribution in [0.3, 0.4) is 0 Å². The van der Waals surface area contributed by atoms with Crippen molar-refractivity contribution < 1.29 is 0 Å². The fourth-order valence-corrected chi connectivity index (χ4v) is 3.93. The van der Waals surface area contributed by atoms with Crippen LogP contribution in [0, 0.1) is 5.92 Å². The molecule has 1 aromatic rings. The smallest absolute Gasteiger partial charge is 0.0775 e. The first-order chi connectivity index (χ1) is 8.86. The van der Waals surface area contributed by atoms with Crippen LogP contribution in [0.2, 0.25) is 19.6 Å². The van der Waals surface area contributed by atoms with Crippen molar-refractivity contribution in [2.45, 2.75) is 45.6 Å². The molecule has 0 aliphatic carbocycles. The molecule has 2 unspecified atom stereocenters. The van der Waals surface area contributed by atoms with E-state index < -0.39 is 8.07 Å². The lowest BCUT2D eigenvalue weighted by atomic mass is 9.94. The summed E-state index contributed by atoms with van der Waals surface area (Å²) < 4.78 is 0. The first-order valence-electron chi connectivity index (χ1n) is 7.43. The summed E-state index contributed by atoms with van der Waals surface area (Å²) in [5, 5.41) is 1.55. The van der Waals surface area contributed by atoms with Gasteiger partial charge < -0.3 is 5.73 Å². The number of likely N-dealkylation sites (tertiary alicyclic amines) is 1. The van der Waals surface area contributed by atoms with Crippen LogP contribution in [-0.2, 0) is 6.54 Å². The minimum absolute atomic E-state index is 0.394. The Morgan fingerprint density at radius 2 is 1.84 bits per heavy atom. The lowest BCUT2D eigenvalue weighted by molar-refractivity contribution is 0.158. The fourth-order valence-electron chi connectivity index (χ4n) is 2.76. The summed E-state index contributed by atoms with van der Waals surface area (Å²) in [7, 11) is -1.16. The van der Waals surface area contributed by atoms with Crippen LogP contribution in [0.1, 0.15) is 18.9 Å². The molecule has 0 aromatic heterocycles. The van der Waals surface area contributed by atoms with Crippen LogP contribution in [-0.4, -0.2) is 32.1 Å². The normalized spacial score (nSPS) is 25.5. The summed E-state index contributed by atoms with van der Waals surface area (Å²) in [5.74, 6) is 0.620. The van der Waals surface area contributed by atoms with E-state index in [9.17, 15) is 0 Å². The quantitative estimate of drug-likeness (QED) is 0.859. The topological polar surface area (TPSA) is 29.3 Å². The molecule has 3 heteroatoms. The molecule has 106 valence electrons. The second-order valence-electron chi connectivity index (χ2n) is 7.11. The van der Waals surface area contributed by atoms with E-state index in [0.717, 1.165) is 26.1 Å². The number of piperidine rings is 1. The van der Waals surface area contributed by atoms with E-state index in [1.54, 1.807) is 5.19 Å². The third kappa shape index (κ3) is 3.91. The van der Waals surface area contributed by atoms with Gasteiger partial charge in [0.25, 0.3) is 0 Å². The van der Waals surface area contributed by atoms with E-state index in [-0.39, 0.29) is 0 Å². The Balaban J connectivity index is 1.97. The van der Waals surface area contributed by atoms with Gasteiger partial charge in [-0.3, -0.25) is 4.90 Å². The zero-order valence-corrected chi connectivity index (χ0v) is 13.8. The Kier molecular flexibility index (Phi) is 4.49. The molecule has 19 heavy (non-hydrogen) atoms. The summed E-state index contributed by atoms with van der Waals surface area (Å²) in [6, 6.07) is 9.69. The van der Waals surface area contributed by atoms with Gasteiger partial charge in [0.05, 0.1) is 8.07 Å². The Bertz CT molecular complexity index is 408. The van der Waals surface area contributed by atoms with Crippen molar-refractivity contribution >= 4 is 13.3 Å². The molecule has 1 aliphatic heterocycles. The predicted molar refractivity (Wildman–Crippen MR) is 86.5 cm³/mol. The second kappa shape index (κ2) is 5.78. The molecular formula is C16H28N2Si. The highest BCUT2D eigenvalue weighted by atomic mass is 28.3. The largest absolute Gasteiger partial charge is 0.327 e. The van der Waals surface area contributed by atoms with E-state index in [1.165, 1.54) is 5.56 Å². The van der Waals surface area contributed by atoms with Gasteiger partial charge in [-0.15, -0.1) is 0 Å². The van der Waals surface area contributed by atoms with Gasteiger partial charge in [-0.2, -0.15) is 0 Å². The van der Waals surface area contributed by atoms with Crippen LogP contribution < -0.4 is 10.9 Å². The highest BCUT2D eigenvalue weighted by Crippen LogP contribution is 2.17. The molecule has 1 aliphatic rings. The second-order valence-corrected chi connectivity index (χ2v) is 12.2. The molecule has 2 atom stereocenters. The van der Waals surface area contributed by atoms with E-state index in [2.05, 4.69) is 55.7 Å². The fraction of sp³-hybridized carbons (Fsp3) is 0.625. The average Bonchev–Trinajstić information content (AvgIpc) is 2.33. The maximum atomic E-state index is 6.08. The van der Waals surface area contributed by atoms with Crippen molar-refractivity contribution in [1.82, 2.24) is 4.90 Å². The predicted octanol–water partition coefficient (Wildman–Crippen LogP) is 2.40. The molecule has 2 N–H and O–H groups in total. The summed E-state index contributed by atoms with van der Waals surface area (Å²) in [6.45, 7) is 12.8. The number of nitrogens with two attached hydrogens (primary N) is 1. The minimum atomic E-state index is -1.16. The Labute approximate surface area is 119 Å². The monoisotopic (exact) mass is 276 g/mol. The average molecular weight is 276 g/mol. The molecule has 1 heterocycles. The number of hydrogen-bond acceptors (Lipinski definition) is 2. The van der Waals surface area contributed by atoms with E-state index in [1.807, 2.05) is 0 Å². The van der Waals surface area contributed by atoms with Crippen molar-refractivity contribution in [3.8, 4) is 0 Å². The van der Waals surface area contributed by atoms with Gasteiger partial charge in [0.1, 0.15) is 0 Å². The van der Waals surface area contributed by atoms with Gasteiger partial charge in [-0.05, 0) is 24.4 Å². The zero-order chi connectivity index (χ0) is 14.0. The van der Waals surface area contributed by atoms with Gasteiger partial charge in [-0.1, -0.05) is 56.0 Å². The van der Waals surface area contributed by atoms with Crippen molar-refractivity contribution in [3.63, 3.8) is 0 Å². The first-order valence-corrected chi connectivity index (χ1v) is 10.9. The summed E-state index contributed by atoms with van der Waals surface area (Å²) >= 11 is 0. The third-order valence-corrected chi connectivity index (χ3v) is 6.35. The zero-order valence-electron chi connectivity index (χ0n) is 12.8. The van der Waals surface area contributed by atoms with Crippen LogP contribution in [0.5, 0.6) is 0 Å². The van der Waals surface area contributed by atoms with E-state index in [4.69, 9.17) is 5.73 Å². The Morgan fingerprint density at radius 3 is 2.37 bits per heavy atom. The minimum Gasteiger partial charge on any atom is -0.327 e. The van der Waals surface area contributed by atoms with Crippen molar-refractivity contribution in [1.29, 1.82) is 0 Å². The number of benzene rings is 1. The molecule has 2 rings (SSSR count). The van der Waals surface area contributed by atoms with E-state index >= 15 is 0 Å². The molecule has 1 fully saturated rings. The van der Waals surface area contributed by atoms with Crippen LogP contribution in [0.4, 0.5) is 0 Å². The third-order valence-electron chi connectivity index (χ3n) is 4.28. The highest BCUT2D eigenvalue weighted by molar-refractivity contribution is 6.88. The van der Waals surface area contributed by atoms with Crippen molar-refractivity contribution in [2.75, 3.05) is 13.1 Å². The van der Waals surface area contributed by atoms with Crippen molar-refractivity contribution in [2.24, 2.45) is 11.7 Å². The molecule has 0 bridgehead atoms. The molecular weight excluding hydrogens is 248 g/mol. The molecule has 1 saturated heterocycles. The SMILES string of the molecule is CC1CN(Cc2ccc([Si](C)(C)C)cc2)CCC1N. The van der Waals surface area contributed by atoms with Gasteiger partial charge >= 0.3 is 0 Å². The van der Waals surface area contributed by atoms with Crippen LogP contribution >= 0.6 is 0 Å². The van der Waals surface area contributed by atoms with Crippen molar-refractivity contribution in [3.05, 3.63) is 29.8 Å². The van der Waals surface area contributed by atoms with E-state index in [0.29, 0.717) is 12.0 Å². The van der Waals surface area contributed by atoms with Gasteiger partial charge in [0.2, 0.25) is 0 Å². The Hall–Kier alpha value is -0.643. The van der Waals surface area contributed by atoms with Gasteiger partial charge in [0, 0.05) is 19.1 Å².